The minimum absolute atomic E-state index is 0.269. The Balaban J connectivity index is 1.74. The average molecular weight is 285 g/mol. The molecule has 0 fully saturated rings. The van der Waals surface area contributed by atoms with Gasteiger partial charge in [-0.1, -0.05) is 0 Å². The van der Waals surface area contributed by atoms with Crippen LogP contribution in [0.3, 0.4) is 0 Å². The van der Waals surface area contributed by atoms with Crippen molar-refractivity contribution in [2.24, 2.45) is 0 Å². The molecule has 2 N–H and O–H groups in total. The van der Waals surface area contributed by atoms with Gasteiger partial charge in [-0.3, -0.25) is 4.79 Å². The van der Waals surface area contributed by atoms with Crippen LogP contribution in [0.2, 0.25) is 0 Å². The normalized spacial score (nSPS) is 12.6. The van der Waals surface area contributed by atoms with E-state index in [9.17, 15) is 4.79 Å². The number of hydrogen-bond donors (Lipinski definition) is 2. The number of carbonyl (C=O) groups excluding carboxylic acids is 1. The van der Waals surface area contributed by atoms with E-state index in [4.69, 9.17) is 9.47 Å². The van der Waals surface area contributed by atoms with Gasteiger partial charge in [0.1, 0.15) is 18.9 Å². The molecule has 6 heteroatoms. The highest BCUT2D eigenvalue weighted by atomic mass is 16.6. The lowest BCUT2D eigenvalue weighted by atomic mass is 10.2. The molecule has 2 aromatic rings. The maximum atomic E-state index is 12.1. The van der Waals surface area contributed by atoms with Gasteiger partial charge >= 0.3 is 0 Å². The van der Waals surface area contributed by atoms with Gasteiger partial charge in [-0.25, -0.2) is 4.98 Å². The van der Waals surface area contributed by atoms with E-state index in [1.54, 1.807) is 43.6 Å². The second-order valence-electron chi connectivity index (χ2n) is 4.49. The van der Waals surface area contributed by atoms with Crippen molar-refractivity contribution in [3.8, 4) is 11.5 Å². The summed E-state index contributed by atoms with van der Waals surface area (Å²) in [5.74, 6) is 1.06. The number of ether oxygens (including phenoxy) is 2. The molecule has 0 aliphatic carbocycles. The Morgan fingerprint density at radius 3 is 2.57 bits per heavy atom. The molecule has 0 atom stereocenters. The zero-order valence-electron chi connectivity index (χ0n) is 11.6. The summed E-state index contributed by atoms with van der Waals surface area (Å²) in [6, 6.07) is 8.76. The molecule has 2 heterocycles. The van der Waals surface area contributed by atoms with Gasteiger partial charge in [-0.15, -0.1) is 0 Å². The van der Waals surface area contributed by atoms with Gasteiger partial charge in [0.25, 0.3) is 5.91 Å². The summed E-state index contributed by atoms with van der Waals surface area (Å²) in [5, 5.41) is 5.74. The minimum atomic E-state index is -0.269. The van der Waals surface area contributed by atoms with Gasteiger partial charge in [0, 0.05) is 18.8 Å². The Hall–Kier alpha value is -2.76. The van der Waals surface area contributed by atoms with E-state index in [2.05, 4.69) is 15.6 Å². The van der Waals surface area contributed by atoms with Crippen LogP contribution in [0.25, 0.3) is 0 Å². The van der Waals surface area contributed by atoms with E-state index in [0.717, 1.165) is 5.69 Å². The van der Waals surface area contributed by atoms with E-state index in [0.29, 0.717) is 36.1 Å². The van der Waals surface area contributed by atoms with Crippen molar-refractivity contribution in [1.82, 2.24) is 4.98 Å². The molecule has 108 valence electrons. The Bertz CT molecular complexity index is 656. The monoisotopic (exact) mass is 285 g/mol. The Kier molecular flexibility index (Phi) is 3.59. The van der Waals surface area contributed by atoms with Crippen LogP contribution in [-0.2, 0) is 0 Å². The van der Waals surface area contributed by atoms with Crippen LogP contribution in [0.15, 0.2) is 36.5 Å². The molecule has 3 rings (SSSR count). The van der Waals surface area contributed by atoms with E-state index in [1.807, 2.05) is 0 Å². The molecule has 1 aliphatic heterocycles. The van der Waals surface area contributed by atoms with Crippen LogP contribution >= 0.6 is 0 Å². The molecule has 1 aromatic carbocycles. The number of nitrogens with zero attached hydrogens (tertiary/aromatic N) is 1. The van der Waals surface area contributed by atoms with Crippen molar-refractivity contribution in [3.63, 3.8) is 0 Å². The molecule has 0 unspecified atom stereocenters. The maximum absolute atomic E-state index is 12.1. The molecule has 6 nitrogen and oxygen atoms in total. The number of aromatic nitrogens is 1. The van der Waals surface area contributed by atoms with Gasteiger partial charge < -0.3 is 20.1 Å². The van der Waals surface area contributed by atoms with Gasteiger partial charge in [-0.2, -0.15) is 0 Å². The van der Waals surface area contributed by atoms with E-state index in [1.165, 1.54) is 0 Å². The molecule has 1 aromatic heterocycles. The fourth-order valence-electron chi connectivity index (χ4n) is 1.99. The first kappa shape index (κ1) is 13.2. The Labute approximate surface area is 122 Å². The van der Waals surface area contributed by atoms with Crippen LogP contribution in [0.1, 0.15) is 10.5 Å². The first-order valence-corrected chi connectivity index (χ1v) is 6.61. The first-order valence-electron chi connectivity index (χ1n) is 6.61. The van der Waals surface area contributed by atoms with Crippen molar-refractivity contribution in [2.75, 3.05) is 30.9 Å². The number of rotatable bonds is 3. The molecular weight excluding hydrogens is 270 g/mol. The van der Waals surface area contributed by atoms with Crippen molar-refractivity contribution in [3.05, 3.63) is 42.2 Å². The third-order valence-electron chi connectivity index (χ3n) is 3.08. The number of hydrogen-bond acceptors (Lipinski definition) is 5. The summed E-state index contributed by atoms with van der Waals surface area (Å²) in [5.41, 5.74) is 1.85. The molecule has 0 saturated heterocycles. The standard InChI is InChI=1S/C15H15N3O3/c1-16-11-2-4-12(17-9-11)15(19)18-10-3-5-13-14(8-10)21-7-6-20-13/h2-5,8-9,16H,6-7H2,1H3,(H,18,19). The number of nitrogens with one attached hydrogen (secondary N) is 2. The van der Waals surface area contributed by atoms with Gasteiger partial charge in [0.05, 0.1) is 11.9 Å². The zero-order valence-corrected chi connectivity index (χ0v) is 11.6. The Morgan fingerprint density at radius 2 is 1.86 bits per heavy atom. The quantitative estimate of drug-likeness (QED) is 0.904. The highest BCUT2D eigenvalue weighted by Crippen LogP contribution is 2.32. The molecule has 21 heavy (non-hydrogen) atoms. The van der Waals surface area contributed by atoms with E-state index in [-0.39, 0.29) is 5.91 Å². The molecule has 0 spiro atoms. The van der Waals surface area contributed by atoms with Gasteiger partial charge in [-0.05, 0) is 24.3 Å². The SMILES string of the molecule is CNc1ccc(C(=O)Nc2ccc3c(c2)OCCO3)nc1. The highest BCUT2D eigenvalue weighted by Gasteiger charge is 2.13. The second-order valence-corrected chi connectivity index (χ2v) is 4.49. The van der Waals surface area contributed by atoms with E-state index >= 15 is 0 Å². The number of fused-ring (bicyclic) bond motifs is 1. The topological polar surface area (TPSA) is 72.5 Å². The highest BCUT2D eigenvalue weighted by molar-refractivity contribution is 6.03. The molecule has 0 saturated carbocycles. The maximum Gasteiger partial charge on any atom is 0.274 e. The number of carbonyl (C=O) groups is 1. The minimum Gasteiger partial charge on any atom is -0.486 e. The third-order valence-corrected chi connectivity index (χ3v) is 3.08. The number of pyridine rings is 1. The van der Waals surface area contributed by atoms with Gasteiger partial charge in [0.2, 0.25) is 0 Å². The number of anilines is 2. The van der Waals surface area contributed by atoms with Crippen LogP contribution in [0.5, 0.6) is 11.5 Å². The van der Waals surface area contributed by atoms with Crippen molar-refractivity contribution < 1.29 is 14.3 Å². The lowest BCUT2D eigenvalue weighted by molar-refractivity contribution is 0.102. The summed E-state index contributed by atoms with van der Waals surface area (Å²) in [6.45, 7) is 1.05. The summed E-state index contributed by atoms with van der Waals surface area (Å²) in [7, 11) is 1.80. The summed E-state index contributed by atoms with van der Waals surface area (Å²) < 4.78 is 10.9. The molecule has 0 bridgehead atoms. The summed E-state index contributed by atoms with van der Waals surface area (Å²) >= 11 is 0. The smallest absolute Gasteiger partial charge is 0.274 e. The molecule has 1 amide bonds. The zero-order chi connectivity index (χ0) is 14.7. The number of benzene rings is 1. The van der Waals surface area contributed by atoms with Crippen LogP contribution in [0.4, 0.5) is 11.4 Å². The van der Waals surface area contributed by atoms with Crippen LogP contribution in [0, 0.1) is 0 Å². The molecular formula is C15H15N3O3. The number of amides is 1. The predicted octanol–water partition coefficient (Wildman–Crippen LogP) is 2.15. The van der Waals surface area contributed by atoms with Crippen molar-refractivity contribution in [2.45, 2.75) is 0 Å². The Morgan fingerprint density at radius 1 is 1.10 bits per heavy atom. The van der Waals surface area contributed by atoms with Crippen molar-refractivity contribution >= 4 is 17.3 Å². The summed E-state index contributed by atoms with van der Waals surface area (Å²) in [6.07, 6.45) is 1.61. The lowest BCUT2D eigenvalue weighted by Crippen LogP contribution is -2.17. The van der Waals surface area contributed by atoms with Crippen molar-refractivity contribution in [1.29, 1.82) is 0 Å². The van der Waals surface area contributed by atoms with Gasteiger partial charge in [0.15, 0.2) is 11.5 Å². The second kappa shape index (κ2) is 5.70. The third kappa shape index (κ3) is 2.89. The average Bonchev–Trinajstić information content (AvgIpc) is 2.55. The molecule has 0 radical (unpaired) electrons. The predicted molar refractivity (Wildman–Crippen MR) is 79.2 cm³/mol. The van der Waals surface area contributed by atoms with Crippen LogP contribution < -0.4 is 20.1 Å². The molecule has 1 aliphatic rings. The summed E-state index contributed by atoms with van der Waals surface area (Å²) in [4.78, 5) is 16.2. The fourth-order valence-corrected chi connectivity index (χ4v) is 1.99. The first-order chi connectivity index (χ1) is 10.3. The fraction of sp³-hybridized carbons (Fsp3) is 0.200. The van der Waals surface area contributed by atoms with Crippen LogP contribution in [-0.4, -0.2) is 31.2 Å². The largest absolute Gasteiger partial charge is 0.486 e. The van der Waals surface area contributed by atoms with E-state index < -0.39 is 0 Å². The lowest BCUT2D eigenvalue weighted by Gasteiger charge is -2.18.